The Hall–Kier alpha value is -1.67. The first kappa shape index (κ1) is 11.8. The number of nitrogens with one attached hydrogen (secondary N) is 1. The van der Waals surface area contributed by atoms with Crippen LogP contribution in [0.2, 0.25) is 0 Å². The van der Waals surface area contributed by atoms with Crippen LogP contribution in [0.5, 0.6) is 0 Å². The summed E-state index contributed by atoms with van der Waals surface area (Å²) < 4.78 is 13.6. The number of H-pyrrole nitrogens is 1. The SMILES string of the molecule is N#CCCc1cc2cc(Br)c(F)cc2c(=O)[nH]1. The van der Waals surface area contributed by atoms with Gasteiger partial charge in [0.25, 0.3) is 5.56 Å². The van der Waals surface area contributed by atoms with Crippen LogP contribution in [0, 0.1) is 17.1 Å². The van der Waals surface area contributed by atoms with Crippen LogP contribution < -0.4 is 5.56 Å². The standard InChI is InChI=1S/C12H8BrFN2O/c13-10-5-7-4-8(2-1-3-15)16-12(17)9(7)6-11(10)14/h4-6H,1-2H2,(H,16,17). The van der Waals surface area contributed by atoms with Gasteiger partial charge in [-0.05, 0) is 39.5 Å². The van der Waals surface area contributed by atoms with E-state index in [1.165, 1.54) is 6.07 Å². The molecule has 0 bridgehead atoms. The number of aromatic nitrogens is 1. The van der Waals surface area contributed by atoms with E-state index in [0.29, 0.717) is 33.8 Å². The lowest BCUT2D eigenvalue weighted by Gasteiger charge is -2.03. The molecule has 0 saturated carbocycles. The van der Waals surface area contributed by atoms with Gasteiger partial charge in [0.1, 0.15) is 5.82 Å². The number of pyridine rings is 1. The minimum absolute atomic E-state index is 0.311. The molecule has 0 amide bonds. The molecule has 86 valence electrons. The van der Waals surface area contributed by atoms with E-state index in [-0.39, 0.29) is 5.56 Å². The molecule has 0 atom stereocenters. The number of hydrogen-bond donors (Lipinski definition) is 1. The summed E-state index contributed by atoms with van der Waals surface area (Å²) >= 11 is 3.08. The van der Waals surface area contributed by atoms with Crippen LogP contribution in [0.4, 0.5) is 4.39 Å². The molecule has 0 fully saturated rings. The van der Waals surface area contributed by atoms with Gasteiger partial charge in [-0.25, -0.2) is 4.39 Å². The third-order valence-electron chi connectivity index (χ3n) is 2.45. The van der Waals surface area contributed by atoms with Gasteiger partial charge < -0.3 is 4.98 Å². The Bertz CT molecular complexity index is 672. The fraction of sp³-hybridized carbons (Fsp3) is 0.167. The van der Waals surface area contributed by atoms with Crippen molar-refractivity contribution >= 4 is 26.7 Å². The molecule has 0 spiro atoms. The Morgan fingerprint density at radius 3 is 2.88 bits per heavy atom. The van der Waals surface area contributed by atoms with Crippen molar-refractivity contribution in [2.75, 3.05) is 0 Å². The smallest absolute Gasteiger partial charge is 0.256 e. The van der Waals surface area contributed by atoms with E-state index >= 15 is 0 Å². The van der Waals surface area contributed by atoms with Gasteiger partial charge >= 0.3 is 0 Å². The van der Waals surface area contributed by atoms with Gasteiger partial charge in [0.2, 0.25) is 0 Å². The molecule has 1 aromatic carbocycles. The van der Waals surface area contributed by atoms with Crippen LogP contribution in [0.1, 0.15) is 12.1 Å². The van der Waals surface area contributed by atoms with Crippen LogP contribution >= 0.6 is 15.9 Å². The average Bonchev–Trinajstić information content (AvgIpc) is 2.29. The fourth-order valence-corrected chi connectivity index (χ4v) is 2.00. The number of halogens is 2. The van der Waals surface area contributed by atoms with Gasteiger partial charge in [-0.3, -0.25) is 4.79 Å². The maximum Gasteiger partial charge on any atom is 0.256 e. The molecule has 3 nitrogen and oxygen atoms in total. The van der Waals surface area contributed by atoms with Crippen LogP contribution in [-0.4, -0.2) is 4.98 Å². The molecule has 0 aliphatic heterocycles. The number of fused-ring (bicyclic) bond motifs is 1. The first-order valence-electron chi connectivity index (χ1n) is 4.99. The lowest BCUT2D eigenvalue weighted by molar-refractivity contribution is 0.623. The molecule has 0 unspecified atom stereocenters. The van der Waals surface area contributed by atoms with Crippen LogP contribution in [0.3, 0.4) is 0 Å². The Morgan fingerprint density at radius 1 is 1.41 bits per heavy atom. The second kappa shape index (κ2) is 4.68. The zero-order valence-electron chi connectivity index (χ0n) is 8.76. The zero-order valence-corrected chi connectivity index (χ0v) is 10.3. The number of aryl methyl sites for hydroxylation is 1. The summed E-state index contributed by atoms with van der Waals surface area (Å²) in [5, 5.41) is 9.47. The first-order chi connectivity index (χ1) is 8.11. The van der Waals surface area contributed by atoms with Gasteiger partial charge in [-0.15, -0.1) is 0 Å². The highest BCUT2D eigenvalue weighted by Crippen LogP contribution is 2.21. The van der Waals surface area contributed by atoms with Crippen molar-refractivity contribution in [2.24, 2.45) is 0 Å². The van der Waals surface area contributed by atoms with Crippen LogP contribution in [0.15, 0.2) is 27.5 Å². The van der Waals surface area contributed by atoms with E-state index in [0.717, 1.165) is 0 Å². The van der Waals surface area contributed by atoms with Gasteiger partial charge in [-0.2, -0.15) is 5.26 Å². The quantitative estimate of drug-likeness (QED) is 0.926. The zero-order chi connectivity index (χ0) is 12.4. The lowest BCUT2D eigenvalue weighted by atomic mass is 10.1. The van der Waals surface area contributed by atoms with Crippen molar-refractivity contribution in [3.8, 4) is 6.07 Å². The number of aromatic amines is 1. The number of nitriles is 1. The minimum atomic E-state index is -0.465. The van der Waals surface area contributed by atoms with Crippen LogP contribution in [-0.2, 0) is 6.42 Å². The number of benzene rings is 1. The largest absolute Gasteiger partial charge is 0.326 e. The van der Waals surface area contributed by atoms with E-state index in [2.05, 4.69) is 20.9 Å². The summed E-state index contributed by atoms with van der Waals surface area (Å²) in [6.45, 7) is 0. The summed E-state index contributed by atoms with van der Waals surface area (Å²) in [4.78, 5) is 14.3. The van der Waals surface area contributed by atoms with Crippen LogP contribution in [0.25, 0.3) is 10.8 Å². The predicted octanol–water partition coefficient (Wildman–Crippen LogP) is 2.89. The molecule has 1 aromatic heterocycles. The molecular formula is C12H8BrFN2O. The normalized spacial score (nSPS) is 10.4. The van der Waals surface area contributed by atoms with E-state index in [1.54, 1.807) is 12.1 Å². The highest BCUT2D eigenvalue weighted by atomic mass is 79.9. The molecule has 0 aliphatic rings. The predicted molar refractivity (Wildman–Crippen MR) is 66.2 cm³/mol. The molecule has 1 N–H and O–H groups in total. The molecule has 0 saturated heterocycles. The summed E-state index contributed by atoms with van der Waals surface area (Å²) in [6.07, 6.45) is 0.820. The third-order valence-corrected chi connectivity index (χ3v) is 3.05. The number of nitrogens with zero attached hydrogens (tertiary/aromatic N) is 1. The second-order valence-corrected chi connectivity index (χ2v) is 4.49. The van der Waals surface area contributed by atoms with Crippen molar-refractivity contribution in [2.45, 2.75) is 12.8 Å². The van der Waals surface area contributed by atoms with Crippen molar-refractivity contribution < 1.29 is 4.39 Å². The Balaban J connectivity index is 2.62. The number of hydrogen-bond acceptors (Lipinski definition) is 2. The maximum absolute atomic E-state index is 13.3. The average molecular weight is 295 g/mol. The third kappa shape index (κ3) is 2.37. The van der Waals surface area contributed by atoms with E-state index in [4.69, 9.17) is 5.26 Å². The molecule has 17 heavy (non-hydrogen) atoms. The Labute approximate surface area is 105 Å². The summed E-state index contributed by atoms with van der Waals surface area (Å²) in [5.41, 5.74) is 0.351. The molecular weight excluding hydrogens is 287 g/mol. The van der Waals surface area contributed by atoms with Gasteiger partial charge in [-0.1, -0.05) is 0 Å². The Morgan fingerprint density at radius 2 is 2.18 bits per heavy atom. The van der Waals surface area contributed by atoms with E-state index in [9.17, 15) is 9.18 Å². The molecule has 2 rings (SSSR count). The molecule has 5 heteroatoms. The monoisotopic (exact) mass is 294 g/mol. The van der Waals surface area contributed by atoms with Gasteiger partial charge in [0.15, 0.2) is 0 Å². The Kier molecular flexibility index (Phi) is 3.25. The van der Waals surface area contributed by atoms with Crippen molar-refractivity contribution in [1.29, 1.82) is 5.26 Å². The van der Waals surface area contributed by atoms with Crippen molar-refractivity contribution in [3.63, 3.8) is 0 Å². The summed E-state index contributed by atoms with van der Waals surface area (Å²) in [5.74, 6) is -0.465. The van der Waals surface area contributed by atoms with Crippen molar-refractivity contribution in [3.05, 3.63) is 44.5 Å². The van der Waals surface area contributed by atoms with E-state index in [1.807, 2.05) is 6.07 Å². The number of rotatable bonds is 2. The van der Waals surface area contributed by atoms with Gasteiger partial charge in [0, 0.05) is 23.9 Å². The molecule has 0 aliphatic carbocycles. The van der Waals surface area contributed by atoms with Gasteiger partial charge in [0.05, 0.1) is 10.5 Å². The summed E-state index contributed by atoms with van der Waals surface area (Å²) in [6, 6.07) is 6.54. The first-order valence-corrected chi connectivity index (χ1v) is 5.79. The molecule has 0 radical (unpaired) electrons. The lowest BCUT2D eigenvalue weighted by Crippen LogP contribution is -2.09. The molecule has 2 aromatic rings. The highest BCUT2D eigenvalue weighted by Gasteiger charge is 2.06. The highest BCUT2D eigenvalue weighted by molar-refractivity contribution is 9.10. The second-order valence-electron chi connectivity index (χ2n) is 3.64. The fourth-order valence-electron chi connectivity index (χ4n) is 1.64. The van der Waals surface area contributed by atoms with Crippen molar-refractivity contribution in [1.82, 2.24) is 4.98 Å². The minimum Gasteiger partial charge on any atom is -0.326 e. The van der Waals surface area contributed by atoms with E-state index < -0.39 is 5.82 Å². The summed E-state index contributed by atoms with van der Waals surface area (Å²) in [7, 11) is 0. The topological polar surface area (TPSA) is 56.6 Å². The molecule has 1 heterocycles. The maximum atomic E-state index is 13.3.